The maximum Gasteiger partial charge on any atom is 0.137 e. The number of pyridine rings is 1. The SMILES string of the molecule is COc1ccc(F)cc1Cc1c[nH]c2ncccc12. The third kappa shape index (κ3) is 2.17. The number of aromatic nitrogens is 2. The molecule has 0 fully saturated rings. The Morgan fingerprint density at radius 1 is 1.26 bits per heavy atom. The molecule has 0 amide bonds. The first-order chi connectivity index (χ1) is 9.28. The molecule has 4 heteroatoms. The van der Waals surface area contributed by atoms with Gasteiger partial charge in [-0.25, -0.2) is 9.37 Å². The lowest BCUT2D eigenvalue weighted by molar-refractivity contribution is 0.409. The first-order valence-electron chi connectivity index (χ1n) is 6.01. The normalized spacial score (nSPS) is 10.8. The highest BCUT2D eigenvalue weighted by Crippen LogP contribution is 2.25. The van der Waals surface area contributed by atoms with Crippen molar-refractivity contribution in [2.45, 2.75) is 6.42 Å². The molecule has 0 saturated heterocycles. The Kier molecular flexibility index (Phi) is 2.91. The summed E-state index contributed by atoms with van der Waals surface area (Å²) in [5, 5.41) is 1.05. The smallest absolute Gasteiger partial charge is 0.137 e. The number of H-pyrrole nitrogens is 1. The largest absolute Gasteiger partial charge is 0.496 e. The second-order valence-electron chi connectivity index (χ2n) is 4.35. The standard InChI is InChI=1S/C15H13FN2O/c1-19-14-5-4-12(16)8-10(14)7-11-9-18-15-13(11)3-2-6-17-15/h2-6,8-9H,7H2,1H3,(H,17,18). The molecule has 0 atom stereocenters. The number of nitrogens with zero attached hydrogens (tertiary/aromatic N) is 1. The van der Waals surface area contributed by atoms with E-state index in [1.165, 1.54) is 12.1 Å². The Balaban J connectivity index is 2.03. The molecular weight excluding hydrogens is 243 g/mol. The second-order valence-corrected chi connectivity index (χ2v) is 4.35. The van der Waals surface area contributed by atoms with E-state index in [9.17, 15) is 4.39 Å². The lowest BCUT2D eigenvalue weighted by Gasteiger charge is -2.07. The molecule has 1 N–H and O–H groups in total. The second kappa shape index (κ2) is 4.72. The van der Waals surface area contributed by atoms with Gasteiger partial charge in [-0.2, -0.15) is 0 Å². The van der Waals surface area contributed by atoms with Crippen LogP contribution in [0.5, 0.6) is 5.75 Å². The van der Waals surface area contributed by atoms with Gasteiger partial charge in [0, 0.05) is 29.8 Å². The van der Waals surface area contributed by atoms with Gasteiger partial charge in [0.15, 0.2) is 0 Å². The lowest BCUT2D eigenvalue weighted by Crippen LogP contribution is -1.94. The van der Waals surface area contributed by atoms with E-state index >= 15 is 0 Å². The van der Waals surface area contributed by atoms with E-state index in [1.54, 1.807) is 19.4 Å². The van der Waals surface area contributed by atoms with Crippen LogP contribution in [0.3, 0.4) is 0 Å². The third-order valence-corrected chi connectivity index (χ3v) is 3.16. The van der Waals surface area contributed by atoms with Gasteiger partial charge in [0.2, 0.25) is 0 Å². The summed E-state index contributed by atoms with van der Waals surface area (Å²) in [5.41, 5.74) is 2.74. The Morgan fingerprint density at radius 2 is 2.16 bits per heavy atom. The average Bonchev–Trinajstić information content (AvgIpc) is 2.83. The fourth-order valence-electron chi connectivity index (χ4n) is 2.25. The first-order valence-corrected chi connectivity index (χ1v) is 6.01. The summed E-state index contributed by atoms with van der Waals surface area (Å²) in [6.07, 6.45) is 4.25. The highest BCUT2D eigenvalue weighted by Gasteiger charge is 2.09. The minimum Gasteiger partial charge on any atom is -0.496 e. The van der Waals surface area contributed by atoms with E-state index < -0.39 is 0 Å². The van der Waals surface area contributed by atoms with Gasteiger partial charge in [-0.1, -0.05) is 0 Å². The van der Waals surface area contributed by atoms with Crippen LogP contribution >= 0.6 is 0 Å². The molecule has 3 nitrogen and oxygen atoms in total. The van der Waals surface area contributed by atoms with Crippen molar-refractivity contribution in [3.63, 3.8) is 0 Å². The zero-order chi connectivity index (χ0) is 13.2. The van der Waals surface area contributed by atoms with Crippen molar-refractivity contribution in [1.82, 2.24) is 9.97 Å². The summed E-state index contributed by atoms with van der Waals surface area (Å²) >= 11 is 0. The molecule has 19 heavy (non-hydrogen) atoms. The van der Waals surface area contributed by atoms with Gasteiger partial charge in [-0.3, -0.25) is 0 Å². The number of nitrogens with one attached hydrogen (secondary N) is 1. The minimum absolute atomic E-state index is 0.256. The van der Waals surface area contributed by atoms with E-state index in [-0.39, 0.29) is 5.82 Å². The molecule has 0 unspecified atom stereocenters. The van der Waals surface area contributed by atoms with Crippen LogP contribution in [0.25, 0.3) is 11.0 Å². The van der Waals surface area contributed by atoms with Crippen molar-refractivity contribution in [1.29, 1.82) is 0 Å². The zero-order valence-corrected chi connectivity index (χ0v) is 10.5. The van der Waals surface area contributed by atoms with Gasteiger partial charge in [0.05, 0.1) is 7.11 Å². The van der Waals surface area contributed by atoms with Crippen LogP contribution < -0.4 is 4.74 Å². The minimum atomic E-state index is -0.256. The molecular formula is C15H13FN2O. The van der Waals surface area contributed by atoms with Crippen molar-refractivity contribution in [3.05, 3.63) is 59.7 Å². The predicted octanol–water partition coefficient (Wildman–Crippen LogP) is 3.30. The van der Waals surface area contributed by atoms with E-state index in [4.69, 9.17) is 4.74 Å². The number of hydrogen-bond acceptors (Lipinski definition) is 2. The fourth-order valence-corrected chi connectivity index (χ4v) is 2.25. The Bertz CT molecular complexity index is 721. The van der Waals surface area contributed by atoms with Gasteiger partial charge in [0.25, 0.3) is 0 Å². The summed E-state index contributed by atoms with van der Waals surface area (Å²) in [6.45, 7) is 0. The van der Waals surface area contributed by atoms with E-state index in [0.29, 0.717) is 12.2 Å². The number of methoxy groups -OCH3 is 1. The fraction of sp³-hybridized carbons (Fsp3) is 0.133. The molecule has 1 aromatic carbocycles. The summed E-state index contributed by atoms with van der Waals surface area (Å²) in [7, 11) is 1.59. The van der Waals surface area contributed by atoms with Crippen LogP contribution in [-0.4, -0.2) is 17.1 Å². The lowest BCUT2D eigenvalue weighted by atomic mass is 10.0. The molecule has 0 spiro atoms. The van der Waals surface area contributed by atoms with Crippen LogP contribution in [0.2, 0.25) is 0 Å². The van der Waals surface area contributed by atoms with Crippen molar-refractivity contribution >= 4 is 11.0 Å². The van der Waals surface area contributed by atoms with E-state index in [1.807, 2.05) is 18.3 Å². The molecule has 0 aliphatic rings. The van der Waals surface area contributed by atoms with Gasteiger partial charge in [-0.15, -0.1) is 0 Å². The number of rotatable bonds is 3. The molecule has 3 aromatic rings. The molecule has 0 aliphatic heterocycles. The summed E-state index contributed by atoms with van der Waals surface area (Å²) in [6, 6.07) is 8.45. The topological polar surface area (TPSA) is 37.9 Å². The van der Waals surface area contributed by atoms with Crippen molar-refractivity contribution in [3.8, 4) is 5.75 Å². The highest BCUT2D eigenvalue weighted by atomic mass is 19.1. The predicted molar refractivity (Wildman–Crippen MR) is 71.9 cm³/mol. The molecule has 0 radical (unpaired) electrons. The average molecular weight is 256 g/mol. The monoisotopic (exact) mass is 256 g/mol. The molecule has 0 saturated carbocycles. The number of aromatic amines is 1. The molecule has 96 valence electrons. The first kappa shape index (κ1) is 11.7. The van der Waals surface area contributed by atoms with Crippen LogP contribution in [0.1, 0.15) is 11.1 Å². The highest BCUT2D eigenvalue weighted by molar-refractivity contribution is 5.79. The quantitative estimate of drug-likeness (QED) is 0.780. The van der Waals surface area contributed by atoms with Crippen molar-refractivity contribution < 1.29 is 9.13 Å². The maximum atomic E-state index is 13.4. The summed E-state index contributed by atoms with van der Waals surface area (Å²) in [5.74, 6) is 0.438. The molecule has 2 aromatic heterocycles. The van der Waals surface area contributed by atoms with Gasteiger partial charge in [-0.05, 0) is 35.9 Å². The maximum absolute atomic E-state index is 13.4. The number of benzene rings is 1. The number of hydrogen-bond donors (Lipinski definition) is 1. The van der Waals surface area contributed by atoms with Crippen LogP contribution in [0, 0.1) is 5.82 Å². The molecule has 0 bridgehead atoms. The third-order valence-electron chi connectivity index (χ3n) is 3.16. The molecule has 3 rings (SSSR count). The number of fused-ring (bicyclic) bond motifs is 1. The van der Waals surface area contributed by atoms with Crippen molar-refractivity contribution in [2.24, 2.45) is 0 Å². The van der Waals surface area contributed by atoms with Gasteiger partial charge in [0.1, 0.15) is 17.2 Å². The summed E-state index contributed by atoms with van der Waals surface area (Å²) < 4.78 is 18.6. The van der Waals surface area contributed by atoms with Crippen LogP contribution in [0.15, 0.2) is 42.7 Å². The number of ether oxygens (including phenoxy) is 1. The molecule has 0 aliphatic carbocycles. The summed E-state index contributed by atoms with van der Waals surface area (Å²) in [4.78, 5) is 7.36. The number of halogens is 1. The Labute approximate surface area is 110 Å². The van der Waals surface area contributed by atoms with E-state index in [0.717, 1.165) is 22.2 Å². The Morgan fingerprint density at radius 3 is 3.00 bits per heavy atom. The van der Waals surface area contributed by atoms with Gasteiger partial charge < -0.3 is 9.72 Å². The Hall–Kier alpha value is -2.36. The van der Waals surface area contributed by atoms with E-state index in [2.05, 4.69) is 9.97 Å². The van der Waals surface area contributed by atoms with Crippen molar-refractivity contribution in [2.75, 3.05) is 7.11 Å². The van der Waals surface area contributed by atoms with Gasteiger partial charge >= 0.3 is 0 Å². The van der Waals surface area contributed by atoms with Crippen LogP contribution in [0.4, 0.5) is 4.39 Å². The van der Waals surface area contributed by atoms with Crippen LogP contribution in [-0.2, 0) is 6.42 Å². The zero-order valence-electron chi connectivity index (χ0n) is 10.5. The molecule has 2 heterocycles.